The average molecular weight is 286 g/mol. The van der Waals surface area contributed by atoms with Gasteiger partial charge in [-0.05, 0) is 41.6 Å². The first-order chi connectivity index (χ1) is 9.79. The van der Waals surface area contributed by atoms with E-state index in [9.17, 15) is 4.79 Å². The van der Waals surface area contributed by atoms with Crippen molar-refractivity contribution in [3.63, 3.8) is 0 Å². The van der Waals surface area contributed by atoms with Crippen LogP contribution in [0.2, 0.25) is 0 Å². The molecular formula is C16H18N2OS. The molecule has 1 atom stereocenters. The quantitative estimate of drug-likeness (QED) is 0.907. The van der Waals surface area contributed by atoms with E-state index in [-0.39, 0.29) is 11.9 Å². The molecule has 3 rings (SSSR count). The zero-order chi connectivity index (χ0) is 13.9. The Hall–Kier alpha value is -1.65. The number of fused-ring (bicyclic) bond motifs is 1. The number of amides is 1. The molecule has 1 unspecified atom stereocenters. The van der Waals surface area contributed by atoms with E-state index in [0.29, 0.717) is 0 Å². The zero-order valence-corrected chi connectivity index (χ0v) is 12.3. The number of thiophene rings is 1. The zero-order valence-electron chi connectivity index (χ0n) is 11.5. The minimum Gasteiger partial charge on any atom is -0.352 e. The van der Waals surface area contributed by atoms with Crippen LogP contribution < -0.4 is 10.6 Å². The van der Waals surface area contributed by atoms with Crippen LogP contribution in [0.25, 0.3) is 0 Å². The molecule has 0 saturated heterocycles. The molecule has 2 N–H and O–H groups in total. The van der Waals surface area contributed by atoms with Crippen molar-refractivity contribution in [3.8, 4) is 0 Å². The van der Waals surface area contributed by atoms with Gasteiger partial charge in [-0.1, -0.05) is 25.1 Å². The highest BCUT2D eigenvalue weighted by Gasteiger charge is 2.20. The maximum Gasteiger partial charge on any atom is 0.251 e. The summed E-state index contributed by atoms with van der Waals surface area (Å²) >= 11 is 1.74. The van der Waals surface area contributed by atoms with Crippen molar-refractivity contribution >= 4 is 17.2 Å². The smallest absolute Gasteiger partial charge is 0.251 e. The molecule has 0 fully saturated rings. The highest BCUT2D eigenvalue weighted by Crippen LogP contribution is 2.28. The fourth-order valence-corrected chi connectivity index (χ4v) is 3.48. The monoisotopic (exact) mass is 286 g/mol. The standard InChI is InChI=1S/C16H18N2OS/c1-2-17-15(14-4-3-9-20-14)12-6-5-11-7-8-18-16(19)13(11)10-12/h3-6,9-10,15,17H,2,7-8H2,1H3,(H,18,19). The van der Waals surface area contributed by atoms with Crippen molar-refractivity contribution in [2.75, 3.05) is 13.1 Å². The second-order valence-electron chi connectivity index (χ2n) is 4.93. The first-order valence-corrected chi connectivity index (χ1v) is 7.85. The Kier molecular flexibility index (Phi) is 3.85. The molecule has 1 aliphatic rings. The lowest BCUT2D eigenvalue weighted by molar-refractivity contribution is 0.0946. The summed E-state index contributed by atoms with van der Waals surface area (Å²) < 4.78 is 0. The second kappa shape index (κ2) is 5.77. The Morgan fingerprint density at radius 1 is 1.40 bits per heavy atom. The maximum atomic E-state index is 12.0. The summed E-state index contributed by atoms with van der Waals surface area (Å²) in [6.07, 6.45) is 0.923. The molecule has 3 nitrogen and oxygen atoms in total. The van der Waals surface area contributed by atoms with Crippen LogP contribution in [-0.4, -0.2) is 19.0 Å². The van der Waals surface area contributed by atoms with E-state index in [4.69, 9.17) is 0 Å². The van der Waals surface area contributed by atoms with E-state index in [0.717, 1.165) is 36.2 Å². The highest BCUT2D eigenvalue weighted by molar-refractivity contribution is 7.10. The number of carbonyl (C=O) groups excluding carboxylic acids is 1. The molecule has 0 spiro atoms. The summed E-state index contributed by atoms with van der Waals surface area (Å²) in [5.74, 6) is 0.0505. The summed E-state index contributed by atoms with van der Waals surface area (Å²) in [6.45, 7) is 3.74. The molecular weight excluding hydrogens is 268 g/mol. The van der Waals surface area contributed by atoms with Crippen molar-refractivity contribution in [3.05, 3.63) is 57.3 Å². The Morgan fingerprint density at radius 3 is 3.05 bits per heavy atom. The Balaban J connectivity index is 1.99. The molecule has 4 heteroatoms. The Morgan fingerprint density at radius 2 is 2.30 bits per heavy atom. The number of rotatable bonds is 4. The van der Waals surface area contributed by atoms with E-state index < -0.39 is 0 Å². The summed E-state index contributed by atoms with van der Waals surface area (Å²) in [5, 5.41) is 8.50. The third-order valence-corrected chi connectivity index (χ3v) is 4.56. The third kappa shape index (κ3) is 2.49. The van der Waals surface area contributed by atoms with Crippen molar-refractivity contribution in [1.29, 1.82) is 0 Å². The SMILES string of the molecule is CCNC(c1ccc2c(c1)C(=O)NCC2)c1cccs1. The molecule has 2 heterocycles. The van der Waals surface area contributed by atoms with E-state index in [1.54, 1.807) is 11.3 Å². The average Bonchev–Trinajstić information content (AvgIpc) is 2.99. The van der Waals surface area contributed by atoms with Crippen LogP contribution in [0.4, 0.5) is 0 Å². The van der Waals surface area contributed by atoms with Gasteiger partial charge >= 0.3 is 0 Å². The molecule has 0 saturated carbocycles. The second-order valence-corrected chi connectivity index (χ2v) is 5.91. The van der Waals surface area contributed by atoms with E-state index in [2.05, 4.69) is 47.2 Å². The van der Waals surface area contributed by atoms with Crippen LogP contribution in [0.3, 0.4) is 0 Å². The highest BCUT2D eigenvalue weighted by atomic mass is 32.1. The van der Waals surface area contributed by atoms with Crippen LogP contribution in [0.15, 0.2) is 35.7 Å². The fourth-order valence-electron chi connectivity index (χ4n) is 2.65. The van der Waals surface area contributed by atoms with Gasteiger partial charge in [0.1, 0.15) is 0 Å². The van der Waals surface area contributed by atoms with Crippen molar-refractivity contribution in [2.45, 2.75) is 19.4 Å². The first kappa shape index (κ1) is 13.3. The molecule has 1 aliphatic heterocycles. The molecule has 2 aromatic rings. The minimum absolute atomic E-state index is 0.0505. The fraction of sp³-hybridized carbons (Fsp3) is 0.312. The maximum absolute atomic E-state index is 12.0. The van der Waals surface area contributed by atoms with Gasteiger partial charge in [0.15, 0.2) is 0 Å². The van der Waals surface area contributed by atoms with Gasteiger partial charge in [0.05, 0.1) is 6.04 Å². The minimum atomic E-state index is 0.0505. The molecule has 1 aromatic heterocycles. The summed E-state index contributed by atoms with van der Waals surface area (Å²) in [5.41, 5.74) is 3.14. The molecule has 0 radical (unpaired) electrons. The number of benzene rings is 1. The van der Waals surface area contributed by atoms with Crippen LogP contribution >= 0.6 is 11.3 Å². The van der Waals surface area contributed by atoms with Gasteiger partial charge in [0.25, 0.3) is 5.91 Å². The third-order valence-electron chi connectivity index (χ3n) is 3.63. The molecule has 0 bridgehead atoms. The molecule has 1 amide bonds. The number of hydrogen-bond donors (Lipinski definition) is 2. The topological polar surface area (TPSA) is 41.1 Å². The van der Waals surface area contributed by atoms with Crippen molar-refractivity contribution in [2.24, 2.45) is 0 Å². The van der Waals surface area contributed by atoms with Crippen molar-refractivity contribution in [1.82, 2.24) is 10.6 Å². The molecule has 104 valence electrons. The van der Waals surface area contributed by atoms with E-state index >= 15 is 0 Å². The van der Waals surface area contributed by atoms with Crippen LogP contribution in [0, 0.1) is 0 Å². The largest absolute Gasteiger partial charge is 0.352 e. The lowest BCUT2D eigenvalue weighted by atomic mass is 9.94. The van der Waals surface area contributed by atoms with Gasteiger partial charge < -0.3 is 10.6 Å². The Bertz CT molecular complexity index is 607. The predicted molar refractivity (Wildman–Crippen MR) is 82.3 cm³/mol. The lowest BCUT2D eigenvalue weighted by Crippen LogP contribution is -2.32. The summed E-state index contributed by atoms with van der Waals surface area (Å²) in [6, 6.07) is 10.6. The molecule has 20 heavy (non-hydrogen) atoms. The van der Waals surface area contributed by atoms with Crippen LogP contribution in [0.1, 0.15) is 39.3 Å². The number of hydrogen-bond acceptors (Lipinski definition) is 3. The van der Waals surface area contributed by atoms with Gasteiger partial charge in [-0.15, -0.1) is 11.3 Å². The Labute approximate surface area is 123 Å². The van der Waals surface area contributed by atoms with Gasteiger partial charge in [0.2, 0.25) is 0 Å². The van der Waals surface area contributed by atoms with Gasteiger partial charge in [-0.25, -0.2) is 0 Å². The summed E-state index contributed by atoms with van der Waals surface area (Å²) in [4.78, 5) is 13.3. The van der Waals surface area contributed by atoms with Gasteiger partial charge in [0, 0.05) is 17.0 Å². The summed E-state index contributed by atoms with van der Waals surface area (Å²) in [7, 11) is 0. The van der Waals surface area contributed by atoms with E-state index in [1.807, 2.05) is 6.07 Å². The molecule has 0 aliphatic carbocycles. The number of nitrogens with one attached hydrogen (secondary N) is 2. The predicted octanol–water partition coefficient (Wildman–Crippen LogP) is 2.73. The van der Waals surface area contributed by atoms with E-state index in [1.165, 1.54) is 4.88 Å². The van der Waals surface area contributed by atoms with Gasteiger partial charge in [-0.3, -0.25) is 4.79 Å². The normalized spacial score (nSPS) is 15.6. The van der Waals surface area contributed by atoms with Crippen molar-refractivity contribution < 1.29 is 4.79 Å². The van der Waals surface area contributed by atoms with Crippen LogP contribution in [-0.2, 0) is 6.42 Å². The first-order valence-electron chi connectivity index (χ1n) is 6.97. The number of carbonyl (C=O) groups is 1. The lowest BCUT2D eigenvalue weighted by Gasteiger charge is -2.21. The van der Waals surface area contributed by atoms with Crippen LogP contribution in [0.5, 0.6) is 0 Å². The molecule has 1 aromatic carbocycles. The van der Waals surface area contributed by atoms with Gasteiger partial charge in [-0.2, -0.15) is 0 Å².